The molecule has 3 heterocycles. The Kier molecular flexibility index (Phi) is 6.78. The Morgan fingerprint density at radius 1 is 1.21 bits per heavy atom. The van der Waals surface area contributed by atoms with Crippen LogP contribution in [0.15, 0.2) is 30.7 Å². The van der Waals surface area contributed by atoms with Crippen molar-refractivity contribution < 1.29 is 14.3 Å². The van der Waals surface area contributed by atoms with Gasteiger partial charge in [-0.2, -0.15) is 0 Å². The Bertz CT molecular complexity index is 806. The predicted molar refractivity (Wildman–Crippen MR) is 108 cm³/mol. The minimum atomic E-state index is -0.482. The molecule has 1 saturated heterocycles. The molecule has 1 amide bonds. The molecule has 1 fully saturated rings. The van der Waals surface area contributed by atoms with Crippen LogP contribution >= 0.6 is 11.6 Å². The summed E-state index contributed by atoms with van der Waals surface area (Å²) in [7, 11) is 0. The molecule has 0 aliphatic carbocycles. The molecule has 149 valence electrons. The molecule has 2 aromatic rings. The fourth-order valence-electron chi connectivity index (χ4n) is 2.68. The Hall–Kier alpha value is -1.85. The van der Waals surface area contributed by atoms with Gasteiger partial charge in [-0.25, -0.2) is 0 Å². The van der Waals surface area contributed by atoms with E-state index >= 15 is 0 Å². The molecule has 1 aliphatic heterocycles. The zero-order chi connectivity index (χ0) is 20.1. The minimum absolute atomic E-state index is 0.0230. The van der Waals surface area contributed by atoms with Crippen LogP contribution in [0.25, 0.3) is 0 Å². The number of nitrogens with zero attached hydrogens (tertiary/aromatic N) is 4. The molecule has 0 unspecified atom stereocenters. The number of hydrogen-bond acceptors (Lipinski definition) is 6. The molecule has 1 aliphatic rings. The van der Waals surface area contributed by atoms with Gasteiger partial charge in [0, 0.05) is 0 Å². The van der Waals surface area contributed by atoms with Gasteiger partial charge in [0.25, 0.3) is 0 Å². The average Bonchev–Trinajstić information content (AvgIpc) is 2.63. The first-order valence-electron chi connectivity index (χ1n) is 9.08. The molecule has 0 atom stereocenters. The maximum atomic E-state index is 12.1. The van der Waals surface area contributed by atoms with Crippen LogP contribution in [0.3, 0.4) is 0 Å². The van der Waals surface area contributed by atoms with Crippen LogP contribution < -0.4 is 13.6 Å². The SMILES string of the molecule is CC(C)(C)OC(=O)N1CCC(Oc2cc([As]c3ccc(Cl)nc3)ncn2)CC1. The van der Waals surface area contributed by atoms with Crippen molar-refractivity contribution in [1.29, 1.82) is 0 Å². The number of halogens is 1. The van der Waals surface area contributed by atoms with E-state index in [9.17, 15) is 4.79 Å². The van der Waals surface area contributed by atoms with Gasteiger partial charge in [0.2, 0.25) is 0 Å². The molecule has 7 nitrogen and oxygen atoms in total. The van der Waals surface area contributed by atoms with Gasteiger partial charge < -0.3 is 0 Å². The molecule has 0 N–H and O–H groups in total. The third-order valence-electron chi connectivity index (χ3n) is 3.96. The molecule has 0 aromatic carbocycles. The van der Waals surface area contributed by atoms with Crippen LogP contribution in [-0.4, -0.2) is 66.5 Å². The first-order chi connectivity index (χ1) is 13.3. The van der Waals surface area contributed by atoms with Crippen molar-refractivity contribution in [3.05, 3.63) is 35.9 Å². The van der Waals surface area contributed by atoms with Crippen LogP contribution in [0, 0.1) is 0 Å². The second-order valence-electron chi connectivity index (χ2n) is 7.45. The molecule has 2 aromatic heterocycles. The summed E-state index contributed by atoms with van der Waals surface area (Å²) in [6.45, 7) is 6.83. The van der Waals surface area contributed by atoms with Gasteiger partial charge >= 0.3 is 177 Å². The Morgan fingerprint density at radius 2 is 1.96 bits per heavy atom. The summed E-state index contributed by atoms with van der Waals surface area (Å²) < 4.78 is 13.5. The average molecular weight is 466 g/mol. The number of amides is 1. The predicted octanol–water partition coefficient (Wildman–Crippen LogP) is 1.96. The maximum absolute atomic E-state index is 12.1. The first kappa shape index (κ1) is 20.9. The standard InChI is InChI=1S/C19H23AsClN4O3/c1-19(2,3)28-18(26)25-8-6-14(7-9-25)27-17-10-15(23-12-24-17)20-13-4-5-16(21)22-11-13/h4-5,10-12,14H,6-9H2,1-3H3. The van der Waals surface area contributed by atoms with E-state index in [-0.39, 0.29) is 27.9 Å². The zero-order valence-electron chi connectivity index (χ0n) is 16.1. The Labute approximate surface area is 176 Å². The Balaban J connectivity index is 1.52. The fraction of sp³-hybridized carbons (Fsp3) is 0.474. The van der Waals surface area contributed by atoms with Crippen molar-refractivity contribution in [1.82, 2.24) is 19.9 Å². The number of carbonyl (C=O) groups excluding carboxylic acids is 1. The van der Waals surface area contributed by atoms with Crippen LogP contribution in [0.5, 0.6) is 5.88 Å². The topological polar surface area (TPSA) is 77.4 Å². The van der Waals surface area contributed by atoms with Crippen LogP contribution in [0.1, 0.15) is 33.6 Å². The summed E-state index contributed by atoms with van der Waals surface area (Å²) in [6.07, 6.45) is 4.54. The number of piperidine rings is 1. The molecular formula is C19H23AsClN4O3. The van der Waals surface area contributed by atoms with E-state index in [1.54, 1.807) is 17.2 Å². The van der Waals surface area contributed by atoms with E-state index < -0.39 is 5.60 Å². The van der Waals surface area contributed by atoms with E-state index in [4.69, 9.17) is 21.1 Å². The van der Waals surface area contributed by atoms with Gasteiger partial charge in [-0.15, -0.1) is 0 Å². The van der Waals surface area contributed by atoms with Crippen molar-refractivity contribution in [3.63, 3.8) is 0 Å². The summed E-state index contributed by atoms with van der Waals surface area (Å²) in [4.78, 5) is 26.6. The second-order valence-corrected chi connectivity index (χ2v) is 10.4. The van der Waals surface area contributed by atoms with E-state index in [1.807, 2.05) is 32.9 Å². The van der Waals surface area contributed by atoms with Crippen LogP contribution in [0.2, 0.25) is 5.15 Å². The molecule has 0 spiro atoms. The second kappa shape index (κ2) is 9.10. The van der Waals surface area contributed by atoms with Gasteiger partial charge in [0.15, 0.2) is 0 Å². The molecule has 28 heavy (non-hydrogen) atoms. The number of hydrogen-bond donors (Lipinski definition) is 0. The third kappa shape index (κ3) is 6.35. The summed E-state index contributed by atoms with van der Waals surface area (Å²) >= 11 is 5.52. The fourth-order valence-corrected chi connectivity index (χ4v) is 4.49. The summed E-state index contributed by atoms with van der Waals surface area (Å²) in [5, 5.41) is 0.481. The van der Waals surface area contributed by atoms with Crippen molar-refractivity contribution in [2.45, 2.75) is 45.3 Å². The Morgan fingerprint density at radius 3 is 2.61 bits per heavy atom. The molecule has 1 radical (unpaired) electrons. The van der Waals surface area contributed by atoms with Crippen LogP contribution in [-0.2, 0) is 4.74 Å². The van der Waals surface area contributed by atoms with Crippen molar-refractivity contribution in [2.75, 3.05) is 13.1 Å². The summed E-state index contributed by atoms with van der Waals surface area (Å²) in [5.74, 6) is 0.568. The monoisotopic (exact) mass is 465 g/mol. The van der Waals surface area contributed by atoms with E-state index in [0.29, 0.717) is 24.1 Å². The van der Waals surface area contributed by atoms with Gasteiger partial charge in [0.1, 0.15) is 0 Å². The van der Waals surface area contributed by atoms with Gasteiger partial charge in [-0.1, -0.05) is 0 Å². The van der Waals surface area contributed by atoms with Crippen LogP contribution in [0.4, 0.5) is 4.79 Å². The van der Waals surface area contributed by atoms with Crippen molar-refractivity contribution in [3.8, 4) is 5.88 Å². The molecule has 0 bridgehead atoms. The number of likely N-dealkylation sites (tertiary alicyclic amines) is 1. The van der Waals surface area contributed by atoms with Crippen molar-refractivity contribution in [2.24, 2.45) is 0 Å². The number of carbonyl (C=O) groups is 1. The molecule has 3 rings (SSSR count). The van der Waals surface area contributed by atoms with Gasteiger partial charge in [0.05, 0.1) is 0 Å². The van der Waals surface area contributed by atoms with E-state index in [0.717, 1.165) is 21.7 Å². The summed E-state index contributed by atoms with van der Waals surface area (Å²) in [5.41, 5.74) is -0.482. The van der Waals surface area contributed by atoms with E-state index in [1.165, 1.54) is 6.33 Å². The van der Waals surface area contributed by atoms with Crippen molar-refractivity contribution >= 4 is 42.3 Å². The number of pyridine rings is 1. The van der Waals surface area contributed by atoms with E-state index in [2.05, 4.69) is 15.0 Å². The normalized spacial score (nSPS) is 15.8. The first-order valence-corrected chi connectivity index (χ1v) is 11.3. The summed E-state index contributed by atoms with van der Waals surface area (Å²) in [6, 6.07) is 5.63. The zero-order valence-corrected chi connectivity index (χ0v) is 18.8. The van der Waals surface area contributed by atoms with Gasteiger partial charge in [-0.05, 0) is 0 Å². The third-order valence-corrected chi connectivity index (χ3v) is 6.28. The molecular weight excluding hydrogens is 443 g/mol. The number of aromatic nitrogens is 3. The molecule has 0 saturated carbocycles. The quantitative estimate of drug-likeness (QED) is 0.507. The molecule has 9 heteroatoms. The van der Waals surface area contributed by atoms with Gasteiger partial charge in [-0.3, -0.25) is 0 Å². The number of rotatable bonds is 4. The number of ether oxygens (including phenoxy) is 2.